The molecule has 0 bridgehead atoms. The van der Waals surface area contributed by atoms with Crippen LogP contribution in [0.4, 0.5) is 20.6 Å². The quantitative estimate of drug-likeness (QED) is 0.595. The van der Waals surface area contributed by atoms with Gasteiger partial charge in [-0.05, 0) is 59.5 Å². The van der Waals surface area contributed by atoms with Gasteiger partial charge in [-0.25, -0.2) is 9.18 Å². The van der Waals surface area contributed by atoms with Gasteiger partial charge in [-0.1, -0.05) is 30.3 Å². The molecule has 0 saturated carbocycles. The van der Waals surface area contributed by atoms with E-state index in [0.29, 0.717) is 12.1 Å². The number of amides is 2. The van der Waals surface area contributed by atoms with E-state index in [2.05, 4.69) is 22.4 Å². The third kappa shape index (κ3) is 3.66. The molecule has 6 nitrogen and oxygen atoms in total. The fourth-order valence-electron chi connectivity index (χ4n) is 5.38. The molecule has 1 saturated heterocycles. The van der Waals surface area contributed by atoms with Gasteiger partial charge in [0.05, 0.1) is 36.0 Å². The molecule has 2 N–H and O–H groups in total. The number of nitrogens with one attached hydrogen (secondary N) is 1. The largest absolute Gasteiger partial charge is 0.394 e. The molecule has 0 radical (unpaired) electrons. The highest BCUT2D eigenvalue weighted by molar-refractivity contribution is 5.90. The molecule has 7 heteroatoms. The van der Waals surface area contributed by atoms with E-state index in [4.69, 9.17) is 0 Å². The first kappa shape index (κ1) is 21.9. The molecule has 34 heavy (non-hydrogen) atoms. The average molecular weight is 457 g/mol. The lowest BCUT2D eigenvalue weighted by Gasteiger charge is -2.44. The summed E-state index contributed by atoms with van der Waals surface area (Å²) in [5.41, 5.74) is 4.53. The molecule has 2 aliphatic rings. The number of hydrogen-bond donors (Lipinski definition) is 2. The molecule has 5 rings (SSSR count). The van der Waals surface area contributed by atoms with Gasteiger partial charge in [-0.2, -0.15) is 5.26 Å². The van der Waals surface area contributed by atoms with Gasteiger partial charge >= 0.3 is 6.03 Å². The molecule has 1 fully saturated rings. The summed E-state index contributed by atoms with van der Waals surface area (Å²) >= 11 is 0. The minimum Gasteiger partial charge on any atom is -0.394 e. The Morgan fingerprint density at radius 3 is 2.71 bits per heavy atom. The highest BCUT2D eigenvalue weighted by Crippen LogP contribution is 2.49. The van der Waals surface area contributed by atoms with Gasteiger partial charge in [-0.15, -0.1) is 0 Å². The first-order valence-corrected chi connectivity index (χ1v) is 11.3. The molecular weight excluding hydrogens is 431 g/mol. The first-order valence-electron chi connectivity index (χ1n) is 11.3. The van der Waals surface area contributed by atoms with Crippen LogP contribution in [0.5, 0.6) is 0 Å². The number of aliphatic hydroxyl groups excluding tert-OH is 1. The first-order chi connectivity index (χ1) is 16.5. The van der Waals surface area contributed by atoms with Gasteiger partial charge in [0.25, 0.3) is 0 Å². The van der Waals surface area contributed by atoms with Crippen LogP contribution in [-0.2, 0) is 0 Å². The van der Waals surface area contributed by atoms with E-state index in [-0.39, 0.29) is 36.3 Å². The highest BCUT2D eigenvalue weighted by atomic mass is 19.1. The van der Waals surface area contributed by atoms with Crippen molar-refractivity contribution in [2.24, 2.45) is 5.92 Å². The predicted octanol–water partition coefficient (Wildman–Crippen LogP) is 4.77. The van der Waals surface area contributed by atoms with E-state index in [9.17, 15) is 19.6 Å². The number of nitrogens with zero attached hydrogens (tertiary/aromatic N) is 3. The summed E-state index contributed by atoms with van der Waals surface area (Å²) in [6.45, 7) is 0.486. The summed E-state index contributed by atoms with van der Waals surface area (Å²) in [7, 11) is 1.97. The second-order valence-electron chi connectivity index (χ2n) is 8.83. The standard InChI is InChI=1S/C27H25FN4O2/c1-31-24-10-9-19(18-6-4-5-17(13-18)15-29)14-21(24)26-20(25(31)16-33)11-12-32(26)27(34)30-23-8-3-2-7-22(23)28/h2-10,13-14,20,25-26,33H,11-12,16H2,1H3,(H,30,34)/t20-,25+,26-/m0/s1. The summed E-state index contributed by atoms with van der Waals surface area (Å²) in [4.78, 5) is 17.1. The molecule has 2 heterocycles. The van der Waals surface area contributed by atoms with Gasteiger partial charge in [0.15, 0.2) is 0 Å². The van der Waals surface area contributed by atoms with Crippen molar-refractivity contribution in [3.05, 3.63) is 83.7 Å². The van der Waals surface area contributed by atoms with Crippen molar-refractivity contribution in [2.75, 3.05) is 30.4 Å². The molecule has 2 amide bonds. The van der Waals surface area contributed by atoms with Gasteiger partial charge in [-0.3, -0.25) is 0 Å². The lowest BCUT2D eigenvalue weighted by molar-refractivity contribution is 0.168. The minimum absolute atomic E-state index is 0.0220. The van der Waals surface area contributed by atoms with Crippen molar-refractivity contribution in [3.8, 4) is 17.2 Å². The molecule has 0 aliphatic carbocycles. The monoisotopic (exact) mass is 456 g/mol. The Balaban J connectivity index is 1.55. The number of nitriles is 1. The second kappa shape index (κ2) is 8.81. The van der Waals surface area contributed by atoms with Crippen molar-refractivity contribution in [2.45, 2.75) is 18.5 Å². The molecule has 3 aromatic rings. The molecule has 3 aromatic carbocycles. The molecule has 172 valence electrons. The molecule has 0 aromatic heterocycles. The van der Waals surface area contributed by atoms with E-state index in [0.717, 1.165) is 28.8 Å². The normalized spacial score (nSPS) is 20.9. The maximum atomic E-state index is 14.2. The van der Waals surface area contributed by atoms with Crippen molar-refractivity contribution in [3.63, 3.8) is 0 Å². The molecular formula is C27H25FN4O2. The molecule has 3 atom stereocenters. The lowest BCUT2D eigenvalue weighted by atomic mass is 9.81. The third-order valence-corrected chi connectivity index (χ3v) is 7.05. The van der Waals surface area contributed by atoms with Crippen LogP contribution in [0, 0.1) is 23.1 Å². The number of carbonyl (C=O) groups excluding carboxylic acids is 1. The van der Waals surface area contributed by atoms with Crippen molar-refractivity contribution >= 4 is 17.4 Å². The predicted molar refractivity (Wildman–Crippen MR) is 129 cm³/mol. The fraction of sp³-hybridized carbons (Fsp3) is 0.259. The number of aliphatic hydroxyl groups is 1. The average Bonchev–Trinajstić information content (AvgIpc) is 3.31. The molecule has 2 aliphatic heterocycles. The lowest BCUT2D eigenvalue weighted by Crippen LogP contribution is -2.48. The summed E-state index contributed by atoms with van der Waals surface area (Å²) < 4.78 is 14.2. The Labute approximate surface area is 197 Å². The number of likely N-dealkylation sites (tertiary alicyclic amines) is 1. The molecule has 0 unspecified atom stereocenters. The Kier molecular flexibility index (Phi) is 5.68. The topological polar surface area (TPSA) is 79.6 Å². The number of rotatable bonds is 3. The Hall–Kier alpha value is -3.89. The number of para-hydroxylation sites is 1. The zero-order valence-corrected chi connectivity index (χ0v) is 18.8. The van der Waals surface area contributed by atoms with E-state index in [1.54, 1.807) is 29.2 Å². The van der Waals surface area contributed by atoms with Crippen LogP contribution >= 0.6 is 0 Å². The van der Waals surface area contributed by atoms with Gasteiger partial charge in [0, 0.05) is 25.2 Å². The van der Waals surface area contributed by atoms with Crippen LogP contribution in [0.3, 0.4) is 0 Å². The van der Waals surface area contributed by atoms with Crippen LogP contribution in [0.2, 0.25) is 0 Å². The van der Waals surface area contributed by atoms with Crippen molar-refractivity contribution in [1.29, 1.82) is 5.26 Å². The van der Waals surface area contributed by atoms with E-state index >= 15 is 0 Å². The molecule has 0 spiro atoms. The van der Waals surface area contributed by atoms with Crippen LogP contribution in [0.15, 0.2) is 66.7 Å². The summed E-state index contributed by atoms with van der Waals surface area (Å²) in [5.74, 6) is -0.446. The SMILES string of the molecule is CN1c2ccc(-c3cccc(C#N)c3)cc2[C@@H]2[C@@H](CCN2C(=O)Nc2ccccc2F)[C@H]1CO. The number of fused-ring (bicyclic) bond motifs is 3. The van der Waals surface area contributed by atoms with Crippen molar-refractivity contribution < 1.29 is 14.3 Å². The van der Waals surface area contributed by atoms with Crippen LogP contribution in [0.25, 0.3) is 11.1 Å². The maximum Gasteiger partial charge on any atom is 0.322 e. The Bertz CT molecular complexity index is 1290. The van der Waals surface area contributed by atoms with Crippen LogP contribution in [-0.4, -0.2) is 42.3 Å². The number of benzene rings is 3. The van der Waals surface area contributed by atoms with Gasteiger partial charge in [0.1, 0.15) is 5.82 Å². The third-order valence-electron chi connectivity index (χ3n) is 7.05. The number of likely N-dealkylation sites (N-methyl/N-ethyl adjacent to an activating group) is 1. The maximum absolute atomic E-state index is 14.2. The smallest absolute Gasteiger partial charge is 0.322 e. The number of halogens is 1. The van der Waals surface area contributed by atoms with Gasteiger partial charge in [0.2, 0.25) is 0 Å². The zero-order chi connectivity index (χ0) is 23.8. The summed E-state index contributed by atoms with van der Waals surface area (Å²) in [5, 5.41) is 22.2. The fourth-order valence-corrected chi connectivity index (χ4v) is 5.38. The summed E-state index contributed by atoms with van der Waals surface area (Å²) in [6, 6.07) is 21.1. The van der Waals surface area contributed by atoms with E-state index in [1.807, 2.05) is 37.4 Å². The van der Waals surface area contributed by atoms with Crippen LogP contribution < -0.4 is 10.2 Å². The Morgan fingerprint density at radius 1 is 1.15 bits per heavy atom. The minimum atomic E-state index is -0.483. The van der Waals surface area contributed by atoms with E-state index in [1.165, 1.54) is 6.07 Å². The number of hydrogen-bond acceptors (Lipinski definition) is 4. The van der Waals surface area contributed by atoms with E-state index < -0.39 is 5.82 Å². The Morgan fingerprint density at radius 2 is 1.94 bits per heavy atom. The highest BCUT2D eigenvalue weighted by Gasteiger charge is 2.47. The summed E-state index contributed by atoms with van der Waals surface area (Å²) in [6.07, 6.45) is 0.735. The zero-order valence-electron chi connectivity index (χ0n) is 18.8. The van der Waals surface area contributed by atoms with Crippen molar-refractivity contribution in [1.82, 2.24) is 4.90 Å². The number of carbonyl (C=O) groups is 1. The number of urea groups is 1. The van der Waals surface area contributed by atoms with Gasteiger partial charge < -0.3 is 20.2 Å². The number of anilines is 2. The second-order valence-corrected chi connectivity index (χ2v) is 8.83. The van der Waals surface area contributed by atoms with Crippen LogP contribution in [0.1, 0.15) is 23.6 Å².